The molecule has 1 aromatic rings. The average molecular weight is 293 g/mol. The van der Waals surface area contributed by atoms with Crippen molar-refractivity contribution < 1.29 is 19.5 Å². The van der Waals surface area contributed by atoms with E-state index in [2.05, 4.69) is 15.6 Å². The fourth-order valence-corrected chi connectivity index (χ4v) is 1.76. The molecule has 0 unspecified atom stereocenters. The van der Waals surface area contributed by atoms with Crippen molar-refractivity contribution in [1.82, 2.24) is 15.6 Å². The Morgan fingerprint density at radius 3 is 2.71 bits per heavy atom. The average Bonchev–Trinajstić information content (AvgIpc) is 2.49. The second kappa shape index (κ2) is 8.68. The third-order valence-corrected chi connectivity index (χ3v) is 2.86. The first-order valence-electron chi connectivity index (χ1n) is 6.75. The number of rotatable bonds is 8. The molecule has 0 saturated carbocycles. The van der Waals surface area contributed by atoms with Crippen molar-refractivity contribution in [3.63, 3.8) is 0 Å². The molecule has 1 aromatic heterocycles. The summed E-state index contributed by atoms with van der Waals surface area (Å²) in [5.41, 5.74) is 0.759. The monoisotopic (exact) mass is 293 g/mol. The van der Waals surface area contributed by atoms with Crippen LogP contribution < -0.4 is 10.6 Å². The van der Waals surface area contributed by atoms with Crippen molar-refractivity contribution in [3.05, 3.63) is 30.1 Å². The van der Waals surface area contributed by atoms with Crippen LogP contribution in [0.4, 0.5) is 4.79 Å². The van der Waals surface area contributed by atoms with Crippen LogP contribution in [-0.4, -0.2) is 33.9 Å². The van der Waals surface area contributed by atoms with Gasteiger partial charge in [-0.05, 0) is 18.1 Å². The molecular formula is C14H19N3O4. The molecule has 0 aliphatic carbocycles. The highest BCUT2D eigenvalue weighted by molar-refractivity contribution is 6.38. The Balaban J connectivity index is 2.56. The lowest BCUT2D eigenvalue weighted by atomic mass is 10.1. The van der Waals surface area contributed by atoms with Gasteiger partial charge in [-0.25, -0.2) is 4.79 Å². The molecule has 0 spiro atoms. The number of Topliss-reactive ketones (excluding diaryl/α,β-unsaturated/α-hetero) is 1. The van der Waals surface area contributed by atoms with E-state index in [1.165, 1.54) is 0 Å². The molecule has 7 nitrogen and oxygen atoms in total. The van der Waals surface area contributed by atoms with E-state index in [0.29, 0.717) is 12.8 Å². The number of amides is 2. The Kier molecular flexibility index (Phi) is 6.86. The van der Waals surface area contributed by atoms with Crippen LogP contribution in [0.25, 0.3) is 0 Å². The van der Waals surface area contributed by atoms with E-state index in [1.807, 2.05) is 6.92 Å². The number of carbonyl (C=O) groups excluding carboxylic acids is 2. The van der Waals surface area contributed by atoms with Gasteiger partial charge in [0, 0.05) is 18.9 Å². The van der Waals surface area contributed by atoms with Crippen molar-refractivity contribution in [2.24, 2.45) is 0 Å². The highest BCUT2D eigenvalue weighted by Gasteiger charge is 2.26. The largest absolute Gasteiger partial charge is 0.465 e. The summed E-state index contributed by atoms with van der Waals surface area (Å²) in [6, 6.07) is 2.48. The molecule has 0 aliphatic heterocycles. The molecule has 0 aliphatic rings. The van der Waals surface area contributed by atoms with Crippen LogP contribution in [0.1, 0.15) is 31.7 Å². The molecule has 21 heavy (non-hydrogen) atoms. The van der Waals surface area contributed by atoms with Crippen molar-refractivity contribution in [3.8, 4) is 0 Å². The van der Waals surface area contributed by atoms with Gasteiger partial charge in [-0.15, -0.1) is 0 Å². The smallest absolute Gasteiger partial charge is 0.405 e. The first kappa shape index (κ1) is 16.6. The van der Waals surface area contributed by atoms with Gasteiger partial charge < -0.3 is 15.7 Å². The van der Waals surface area contributed by atoms with Gasteiger partial charge in [-0.2, -0.15) is 0 Å². The minimum absolute atomic E-state index is 0.173. The number of carboxylic acid groups (broad SMARTS) is 1. The van der Waals surface area contributed by atoms with Crippen LogP contribution in [0.15, 0.2) is 24.5 Å². The summed E-state index contributed by atoms with van der Waals surface area (Å²) in [7, 11) is 0. The second-order valence-corrected chi connectivity index (χ2v) is 4.55. The van der Waals surface area contributed by atoms with E-state index in [1.54, 1.807) is 24.5 Å². The van der Waals surface area contributed by atoms with Gasteiger partial charge in [0.05, 0.1) is 0 Å². The van der Waals surface area contributed by atoms with E-state index >= 15 is 0 Å². The van der Waals surface area contributed by atoms with E-state index in [9.17, 15) is 14.4 Å². The van der Waals surface area contributed by atoms with Crippen molar-refractivity contribution in [2.75, 3.05) is 0 Å². The maximum atomic E-state index is 12.0. The van der Waals surface area contributed by atoms with Crippen molar-refractivity contribution in [2.45, 2.75) is 38.8 Å². The molecule has 0 radical (unpaired) electrons. The standard InChI is InChI=1S/C14H19N3O4/c1-2-3-6-11(17-14(20)21)12(18)13(19)16-9-10-5-4-7-15-8-10/h4-5,7-8,11,17H,2-3,6,9H2,1H3,(H,16,19)(H,20,21)/t11-/m0/s1. The fraction of sp³-hybridized carbons (Fsp3) is 0.429. The summed E-state index contributed by atoms with van der Waals surface area (Å²) in [5.74, 6) is -1.57. The number of unbranched alkanes of at least 4 members (excludes halogenated alkanes) is 1. The maximum absolute atomic E-state index is 12.0. The Labute approximate surface area is 122 Å². The van der Waals surface area contributed by atoms with Crippen LogP contribution in [0.2, 0.25) is 0 Å². The van der Waals surface area contributed by atoms with Crippen molar-refractivity contribution in [1.29, 1.82) is 0 Å². The minimum Gasteiger partial charge on any atom is -0.465 e. The number of aromatic nitrogens is 1. The van der Waals surface area contributed by atoms with Gasteiger partial charge >= 0.3 is 6.09 Å². The van der Waals surface area contributed by atoms with E-state index in [0.717, 1.165) is 12.0 Å². The summed E-state index contributed by atoms with van der Waals surface area (Å²) in [6.07, 6.45) is 3.64. The zero-order valence-corrected chi connectivity index (χ0v) is 11.8. The van der Waals surface area contributed by atoms with Crippen LogP contribution in [0, 0.1) is 0 Å². The Bertz CT molecular complexity index is 490. The summed E-state index contributed by atoms with van der Waals surface area (Å²) in [5, 5.41) is 13.3. The second-order valence-electron chi connectivity index (χ2n) is 4.55. The molecule has 0 aromatic carbocycles. The van der Waals surface area contributed by atoms with Crippen molar-refractivity contribution >= 4 is 17.8 Å². The van der Waals surface area contributed by atoms with E-state index < -0.39 is 23.8 Å². The molecule has 1 atom stereocenters. The normalized spacial score (nSPS) is 11.5. The number of hydrogen-bond donors (Lipinski definition) is 3. The molecule has 0 saturated heterocycles. The summed E-state index contributed by atoms with van der Waals surface area (Å²) in [6.45, 7) is 2.09. The number of carbonyl (C=O) groups is 3. The van der Waals surface area contributed by atoms with Crippen LogP contribution >= 0.6 is 0 Å². The molecule has 3 N–H and O–H groups in total. The molecule has 7 heteroatoms. The van der Waals surface area contributed by atoms with Gasteiger partial charge in [0.15, 0.2) is 0 Å². The highest BCUT2D eigenvalue weighted by Crippen LogP contribution is 2.03. The molecule has 1 heterocycles. The summed E-state index contributed by atoms with van der Waals surface area (Å²) >= 11 is 0. The Morgan fingerprint density at radius 1 is 1.38 bits per heavy atom. The number of pyridine rings is 1. The van der Waals surface area contributed by atoms with Crippen LogP contribution in [0.3, 0.4) is 0 Å². The minimum atomic E-state index is -1.32. The van der Waals surface area contributed by atoms with Gasteiger partial charge in [-0.1, -0.05) is 25.8 Å². The van der Waals surface area contributed by atoms with Gasteiger partial charge in [0.2, 0.25) is 5.78 Å². The zero-order chi connectivity index (χ0) is 15.7. The third kappa shape index (κ3) is 6.03. The topological polar surface area (TPSA) is 108 Å². The summed E-state index contributed by atoms with van der Waals surface area (Å²) in [4.78, 5) is 38.3. The van der Waals surface area contributed by atoms with Gasteiger partial charge in [0.1, 0.15) is 6.04 Å². The Hall–Kier alpha value is -2.44. The SMILES string of the molecule is CCCC[C@H](NC(=O)O)C(=O)C(=O)NCc1cccnc1. The van der Waals surface area contributed by atoms with Gasteiger partial charge in [0.25, 0.3) is 5.91 Å². The maximum Gasteiger partial charge on any atom is 0.405 e. The quantitative estimate of drug-likeness (QED) is 0.622. The predicted octanol–water partition coefficient (Wildman–Crippen LogP) is 1.09. The molecule has 0 bridgehead atoms. The first-order valence-corrected chi connectivity index (χ1v) is 6.75. The molecule has 0 fully saturated rings. The highest BCUT2D eigenvalue weighted by atomic mass is 16.4. The number of nitrogens with one attached hydrogen (secondary N) is 2. The van der Waals surface area contributed by atoms with Gasteiger partial charge in [-0.3, -0.25) is 14.6 Å². The fourth-order valence-electron chi connectivity index (χ4n) is 1.76. The number of ketones is 1. The predicted molar refractivity (Wildman–Crippen MR) is 75.6 cm³/mol. The molecule has 114 valence electrons. The molecule has 1 rings (SSSR count). The van der Waals surface area contributed by atoms with E-state index in [4.69, 9.17) is 5.11 Å². The first-order chi connectivity index (χ1) is 10.0. The molecule has 2 amide bonds. The lowest BCUT2D eigenvalue weighted by molar-refractivity contribution is -0.139. The number of nitrogens with zero attached hydrogens (tertiary/aromatic N) is 1. The Morgan fingerprint density at radius 2 is 2.14 bits per heavy atom. The summed E-state index contributed by atoms with van der Waals surface area (Å²) < 4.78 is 0. The lowest BCUT2D eigenvalue weighted by Gasteiger charge is -2.15. The third-order valence-electron chi connectivity index (χ3n) is 2.86. The number of hydrogen-bond acceptors (Lipinski definition) is 4. The van der Waals surface area contributed by atoms with E-state index in [-0.39, 0.29) is 6.54 Å². The molecular weight excluding hydrogens is 274 g/mol. The van der Waals surface area contributed by atoms with Crippen LogP contribution in [-0.2, 0) is 16.1 Å². The van der Waals surface area contributed by atoms with Crippen LogP contribution in [0.5, 0.6) is 0 Å². The lowest BCUT2D eigenvalue weighted by Crippen LogP contribution is -2.47. The zero-order valence-electron chi connectivity index (χ0n) is 11.8.